The summed E-state index contributed by atoms with van der Waals surface area (Å²) < 4.78 is 48.0. The summed E-state index contributed by atoms with van der Waals surface area (Å²) in [5, 5.41) is 11.1. The van der Waals surface area contributed by atoms with Crippen molar-refractivity contribution in [1.82, 2.24) is 0 Å². The molecule has 0 radical (unpaired) electrons. The molecule has 0 amide bonds. The van der Waals surface area contributed by atoms with Gasteiger partial charge in [0, 0.05) is 0 Å². The van der Waals surface area contributed by atoms with Crippen LogP contribution in [0.5, 0.6) is 23.0 Å². The van der Waals surface area contributed by atoms with Crippen LogP contribution in [0.25, 0.3) is 0 Å². The molecule has 1 N–H and O–H groups in total. The largest absolute Gasteiger partial charge is 0.487 e. The first-order valence-corrected chi connectivity index (χ1v) is 10.3. The number of carbonyl (C=O) groups is 1. The van der Waals surface area contributed by atoms with E-state index < -0.39 is 31.0 Å². The van der Waals surface area contributed by atoms with Crippen LogP contribution in [-0.4, -0.2) is 69.1 Å². The van der Waals surface area contributed by atoms with Gasteiger partial charge >= 0.3 is 5.97 Å². The number of ether oxygens (including phenoxy) is 6. The maximum atomic E-state index is 15.0. The van der Waals surface area contributed by atoms with E-state index >= 15 is 4.39 Å². The van der Waals surface area contributed by atoms with Crippen LogP contribution in [0.3, 0.4) is 0 Å². The van der Waals surface area contributed by atoms with Crippen molar-refractivity contribution >= 4 is 5.97 Å². The lowest BCUT2D eigenvalue weighted by Crippen LogP contribution is -2.54. The summed E-state index contributed by atoms with van der Waals surface area (Å²) in [5.41, 5.74) is -2.34. The third-order valence-electron chi connectivity index (χ3n) is 4.59. The van der Waals surface area contributed by atoms with E-state index in [0.29, 0.717) is 24.7 Å². The molecule has 9 heteroatoms. The summed E-state index contributed by atoms with van der Waals surface area (Å²) in [6.45, 7) is 1.46. The molecule has 0 bridgehead atoms. The molecule has 174 valence electrons. The van der Waals surface area contributed by atoms with Crippen LogP contribution in [0, 0.1) is 0 Å². The van der Waals surface area contributed by atoms with Crippen molar-refractivity contribution in [2.45, 2.75) is 18.7 Å². The molecule has 1 aliphatic heterocycles. The van der Waals surface area contributed by atoms with Gasteiger partial charge in [0.25, 0.3) is 0 Å². The van der Waals surface area contributed by atoms with Crippen molar-refractivity contribution in [3.05, 3.63) is 48.5 Å². The average Bonchev–Trinajstić information content (AvgIpc) is 2.81. The molecule has 8 nitrogen and oxygen atoms in total. The molecule has 3 rings (SSSR count). The molecule has 0 saturated heterocycles. The van der Waals surface area contributed by atoms with Gasteiger partial charge in [0.15, 0.2) is 28.6 Å². The lowest BCUT2D eigenvalue weighted by molar-refractivity contribution is -0.166. The van der Waals surface area contributed by atoms with Crippen molar-refractivity contribution < 1.29 is 42.7 Å². The lowest BCUT2D eigenvalue weighted by atomic mass is 10.00. The first-order valence-electron chi connectivity index (χ1n) is 10.3. The number of esters is 1. The second-order valence-corrected chi connectivity index (χ2v) is 7.00. The molecule has 1 unspecified atom stereocenters. The summed E-state index contributed by atoms with van der Waals surface area (Å²) >= 11 is 0. The first kappa shape index (κ1) is 23.6. The highest BCUT2D eigenvalue weighted by molar-refractivity contribution is 5.76. The molecule has 2 aromatic carbocycles. The van der Waals surface area contributed by atoms with Gasteiger partial charge in [-0.3, -0.25) is 0 Å². The van der Waals surface area contributed by atoms with Crippen LogP contribution in [0.1, 0.15) is 6.92 Å². The highest BCUT2D eigenvalue weighted by Crippen LogP contribution is 2.31. The Morgan fingerprint density at radius 2 is 1.34 bits per heavy atom. The standard InChI is InChI=1S/C23H27FO8/c1-2-28-22(25)21(24)23(26)15-31-19-9-5-3-7-17(19)29-13-11-27-12-14-30-18-8-4-6-10-20(18)32-16-23/h3-10,21,26H,2,11-16H2,1H3. The van der Waals surface area contributed by atoms with Crippen LogP contribution >= 0.6 is 0 Å². The van der Waals surface area contributed by atoms with Crippen molar-refractivity contribution in [3.63, 3.8) is 0 Å². The minimum atomic E-state index is -2.41. The number of aliphatic hydroxyl groups is 1. The molecule has 2 aromatic rings. The molecule has 0 aliphatic carbocycles. The quantitative estimate of drug-likeness (QED) is 0.714. The highest BCUT2D eigenvalue weighted by atomic mass is 19.1. The zero-order valence-electron chi connectivity index (χ0n) is 17.8. The van der Waals surface area contributed by atoms with E-state index in [1.807, 2.05) is 0 Å². The molecule has 32 heavy (non-hydrogen) atoms. The van der Waals surface area contributed by atoms with Gasteiger partial charge in [-0.25, -0.2) is 9.18 Å². The van der Waals surface area contributed by atoms with E-state index in [1.165, 1.54) is 0 Å². The van der Waals surface area contributed by atoms with Gasteiger partial charge in [-0.05, 0) is 31.2 Å². The molecule has 1 heterocycles. The summed E-state index contributed by atoms with van der Waals surface area (Å²) in [5.74, 6) is 0.123. The Bertz CT molecular complexity index is 819. The number of para-hydroxylation sites is 4. The maximum Gasteiger partial charge on any atom is 0.344 e. The minimum absolute atomic E-state index is 0.0353. The third kappa shape index (κ3) is 6.24. The van der Waals surface area contributed by atoms with Gasteiger partial charge in [-0.2, -0.15) is 0 Å². The summed E-state index contributed by atoms with van der Waals surface area (Å²) in [6, 6.07) is 13.5. The normalized spacial score (nSPS) is 17.7. The van der Waals surface area contributed by atoms with Crippen molar-refractivity contribution in [2.24, 2.45) is 0 Å². The zero-order valence-corrected chi connectivity index (χ0v) is 17.8. The number of rotatable bonds is 3. The van der Waals surface area contributed by atoms with Crippen LogP contribution < -0.4 is 18.9 Å². The molecule has 0 saturated carbocycles. The third-order valence-corrected chi connectivity index (χ3v) is 4.59. The molecular weight excluding hydrogens is 423 g/mol. The molecule has 1 atom stereocenters. The summed E-state index contributed by atoms with van der Waals surface area (Å²) in [7, 11) is 0. The predicted molar refractivity (Wildman–Crippen MR) is 112 cm³/mol. The summed E-state index contributed by atoms with van der Waals surface area (Å²) in [6.07, 6.45) is -2.41. The number of hydrogen-bond donors (Lipinski definition) is 1. The van der Waals surface area contributed by atoms with Crippen molar-refractivity contribution in [3.8, 4) is 23.0 Å². The lowest BCUT2D eigenvalue weighted by Gasteiger charge is -2.30. The van der Waals surface area contributed by atoms with E-state index in [4.69, 9.17) is 28.4 Å². The number of alkyl halides is 1. The molecule has 1 aliphatic rings. The Labute approximate surface area is 185 Å². The molecular formula is C23H27FO8. The fourth-order valence-corrected chi connectivity index (χ4v) is 2.93. The smallest absolute Gasteiger partial charge is 0.344 e. The van der Waals surface area contributed by atoms with E-state index in [0.717, 1.165) is 0 Å². The Morgan fingerprint density at radius 3 is 1.78 bits per heavy atom. The van der Waals surface area contributed by atoms with Crippen molar-refractivity contribution in [1.29, 1.82) is 0 Å². The van der Waals surface area contributed by atoms with E-state index in [9.17, 15) is 9.90 Å². The minimum Gasteiger partial charge on any atom is -0.487 e. The van der Waals surface area contributed by atoms with E-state index in [2.05, 4.69) is 0 Å². The van der Waals surface area contributed by atoms with Crippen LogP contribution in [0.2, 0.25) is 0 Å². The van der Waals surface area contributed by atoms with Gasteiger partial charge in [-0.1, -0.05) is 24.3 Å². The molecule has 0 spiro atoms. The van der Waals surface area contributed by atoms with Gasteiger partial charge in [-0.15, -0.1) is 0 Å². The number of halogens is 1. The SMILES string of the molecule is CCOC(=O)C(F)C1(O)COc2ccccc2OCCOCCOc2ccccc2OC1. The van der Waals surface area contributed by atoms with E-state index in [1.54, 1.807) is 55.5 Å². The Kier molecular flexibility index (Phi) is 8.52. The second-order valence-electron chi connectivity index (χ2n) is 7.00. The zero-order chi connectivity index (χ0) is 22.8. The fourth-order valence-electron chi connectivity index (χ4n) is 2.93. The van der Waals surface area contributed by atoms with Crippen LogP contribution in [-0.2, 0) is 14.3 Å². The number of fused-ring (bicyclic) bond motifs is 2. The fraction of sp³-hybridized carbons (Fsp3) is 0.435. The van der Waals surface area contributed by atoms with Gasteiger partial charge < -0.3 is 33.5 Å². The average molecular weight is 450 g/mol. The molecule has 0 fully saturated rings. The predicted octanol–water partition coefficient (Wildman–Crippen LogP) is 2.56. The van der Waals surface area contributed by atoms with Crippen molar-refractivity contribution in [2.75, 3.05) is 46.2 Å². The van der Waals surface area contributed by atoms with E-state index in [-0.39, 0.29) is 31.3 Å². The Morgan fingerprint density at radius 1 is 0.906 bits per heavy atom. The molecule has 0 aromatic heterocycles. The number of benzene rings is 2. The number of hydrogen-bond acceptors (Lipinski definition) is 8. The Balaban J connectivity index is 1.87. The maximum absolute atomic E-state index is 15.0. The van der Waals surface area contributed by atoms with Gasteiger partial charge in [0.2, 0.25) is 6.17 Å². The first-order chi connectivity index (χ1) is 15.5. The monoisotopic (exact) mass is 450 g/mol. The van der Waals surface area contributed by atoms with Crippen LogP contribution in [0.4, 0.5) is 4.39 Å². The van der Waals surface area contributed by atoms with Gasteiger partial charge in [0.05, 0.1) is 19.8 Å². The topological polar surface area (TPSA) is 92.7 Å². The summed E-state index contributed by atoms with van der Waals surface area (Å²) in [4.78, 5) is 12.1. The second kappa shape index (κ2) is 11.5. The number of carbonyl (C=O) groups excluding carboxylic acids is 1. The Hall–Kier alpha value is -3.04. The highest BCUT2D eigenvalue weighted by Gasteiger charge is 2.45. The van der Waals surface area contributed by atoms with Crippen LogP contribution in [0.15, 0.2) is 48.5 Å². The van der Waals surface area contributed by atoms with Gasteiger partial charge in [0.1, 0.15) is 26.4 Å².